The van der Waals surface area contributed by atoms with E-state index in [1.54, 1.807) is 18.2 Å². The van der Waals surface area contributed by atoms with Gasteiger partial charge >= 0.3 is 7.12 Å². The third-order valence-corrected chi connectivity index (χ3v) is 4.22. The molecule has 0 bridgehead atoms. The maximum Gasteiger partial charge on any atom is 0.491 e. The third-order valence-electron chi connectivity index (χ3n) is 4.22. The lowest BCUT2D eigenvalue weighted by molar-refractivity contribution is 0.102. The lowest BCUT2D eigenvalue weighted by Crippen LogP contribution is -2.28. The number of carbonyl (C=O) groups is 1. The third kappa shape index (κ3) is 2.32. The highest BCUT2D eigenvalue weighted by Crippen LogP contribution is 2.40. The summed E-state index contributed by atoms with van der Waals surface area (Å²) in [6.07, 6.45) is 2.39. The number of nitrogens with one attached hydrogen (secondary N) is 1. The molecule has 6 nitrogen and oxygen atoms in total. The van der Waals surface area contributed by atoms with Gasteiger partial charge in [-0.15, -0.1) is 0 Å². The van der Waals surface area contributed by atoms with E-state index in [1.807, 2.05) is 17.8 Å². The highest BCUT2D eigenvalue weighted by atomic mass is 16.5. The van der Waals surface area contributed by atoms with E-state index < -0.39 is 7.12 Å². The van der Waals surface area contributed by atoms with Crippen LogP contribution in [-0.2, 0) is 18.3 Å². The van der Waals surface area contributed by atoms with Gasteiger partial charge in [0.2, 0.25) is 0 Å². The summed E-state index contributed by atoms with van der Waals surface area (Å²) in [6, 6.07) is 7.12. The van der Waals surface area contributed by atoms with Crippen LogP contribution in [0.1, 0.15) is 40.4 Å². The quantitative estimate of drug-likeness (QED) is 0.820. The molecule has 2 N–H and O–H groups in total. The fraction of sp³-hybridized carbons (Fsp3) is 0.333. The summed E-state index contributed by atoms with van der Waals surface area (Å²) in [5.74, 6) is 0.956. The van der Waals surface area contributed by atoms with Crippen LogP contribution in [0, 0.1) is 0 Å². The van der Waals surface area contributed by atoms with Crippen molar-refractivity contribution in [2.24, 2.45) is 7.05 Å². The number of rotatable bonds is 3. The smallest absolute Gasteiger partial charge is 0.423 e. The van der Waals surface area contributed by atoms with Crippen molar-refractivity contribution in [1.82, 2.24) is 9.78 Å². The van der Waals surface area contributed by atoms with E-state index in [2.05, 4.69) is 10.4 Å². The van der Waals surface area contributed by atoms with Crippen molar-refractivity contribution in [1.29, 1.82) is 0 Å². The Bertz CT molecular complexity index is 754. The molecular weight excluding hydrogens is 281 g/mol. The second-order valence-corrected chi connectivity index (χ2v) is 5.88. The monoisotopic (exact) mass is 297 g/mol. The van der Waals surface area contributed by atoms with Gasteiger partial charge in [-0.3, -0.25) is 9.48 Å². The highest BCUT2D eigenvalue weighted by Gasteiger charge is 2.29. The van der Waals surface area contributed by atoms with Crippen molar-refractivity contribution in [2.75, 3.05) is 5.32 Å². The lowest BCUT2D eigenvalue weighted by atomic mass is 9.79. The van der Waals surface area contributed by atoms with Crippen molar-refractivity contribution in [3.8, 4) is 0 Å². The van der Waals surface area contributed by atoms with Crippen molar-refractivity contribution >= 4 is 24.3 Å². The van der Waals surface area contributed by atoms with E-state index in [1.165, 1.54) is 18.5 Å². The SMILES string of the molecule is Cn1nc(NC(=O)c2ccc3c(c2)COB3O)cc1C1CC1. The molecule has 7 heteroatoms. The summed E-state index contributed by atoms with van der Waals surface area (Å²) in [5.41, 5.74) is 3.28. The molecule has 112 valence electrons. The maximum absolute atomic E-state index is 12.3. The first-order chi connectivity index (χ1) is 10.6. The molecule has 1 fully saturated rings. The van der Waals surface area contributed by atoms with E-state index in [-0.39, 0.29) is 5.91 Å². The molecule has 1 amide bonds. The number of carbonyl (C=O) groups excluding carboxylic acids is 1. The van der Waals surface area contributed by atoms with Crippen LogP contribution in [-0.4, -0.2) is 27.8 Å². The molecule has 0 unspecified atom stereocenters. The van der Waals surface area contributed by atoms with Crippen molar-refractivity contribution in [3.63, 3.8) is 0 Å². The summed E-state index contributed by atoms with van der Waals surface area (Å²) in [4.78, 5) is 12.3. The molecule has 0 radical (unpaired) electrons. The van der Waals surface area contributed by atoms with E-state index in [9.17, 15) is 9.82 Å². The van der Waals surface area contributed by atoms with Crippen LogP contribution < -0.4 is 10.8 Å². The number of benzene rings is 1. The minimum atomic E-state index is -0.885. The largest absolute Gasteiger partial charge is 0.491 e. The Balaban J connectivity index is 1.53. The minimum absolute atomic E-state index is 0.204. The summed E-state index contributed by atoms with van der Waals surface area (Å²) >= 11 is 0. The van der Waals surface area contributed by atoms with Gasteiger partial charge in [0.1, 0.15) is 0 Å². The van der Waals surface area contributed by atoms with E-state index in [4.69, 9.17) is 4.65 Å². The number of anilines is 1. The Morgan fingerprint density at radius 1 is 1.45 bits per heavy atom. The van der Waals surface area contributed by atoms with Crippen LogP contribution in [0.4, 0.5) is 5.82 Å². The number of hydrogen-bond donors (Lipinski definition) is 2. The Hall–Kier alpha value is -2.12. The molecule has 1 aliphatic carbocycles. The number of fused-ring (bicyclic) bond motifs is 1. The zero-order valence-electron chi connectivity index (χ0n) is 12.2. The molecule has 2 heterocycles. The fourth-order valence-corrected chi connectivity index (χ4v) is 2.86. The van der Waals surface area contributed by atoms with Gasteiger partial charge < -0.3 is 15.0 Å². The van der Waals surface area contributed by atoms with Gasteiger partial charge in [-0.2, -0.15) is 5.10 Å². The second-order valence-electron chi connectivity index (χ2n) is 5.88. The zero-order chi connectivity index (χ0) is 15.3. The summed E-state index contributed by atoms with van der Waals surface area (Å²) < 4.78 is 6.97. The molecule has 1 saturated carbocycles. The van der Waals surface area contributed by atoms with Gasteiger partial charge in [0.15, 0.2) is 5.82 Å². The molecule has 1 aromatic heterocycles. The molecule has 2 aliphatic rings. The first kappa shape index (κ1) is 13.5. The van der Waals surface area contributed by atoms with Crippen LogP contribution in [0.5, 0.6) is 0 Å². The second kappa shape index (κ2) is 4.96. The molecule has 0 spiro atoms. The van der Waals surface area contributed by atoms with Gasteiger partial charge in [0.25, 0.3) is 5.91 Å². The molecule has 22 heavy (non-hydrogen) atoms. The first-order valence-electron chi connectivity index (χ1n) is 7.39. The molecule has 2 aromatic rings. The van der Waals surface area contributed by atoms with Crippen LogP contribution >= 0.6 is 0 Å². The fourth-order valence-electron chi connectivity index (χ4n) is 2.86. The van der Waals surface area contributed by atoms with Crippen LogP contribution in [0.2, 0.25) is 0 Å². The Morgan fingerprint density at radius 2 is 2.27 bits per heavy atom. The van der Waals surface area contributed by atoms with Gasteiger partial charge in [0, 0.05) is 30.3 Å². The topological polar surface area (TPSA) is 76.4 Å². The molecule has 0 atom stereocenters. The van der Waals surface area contributed by atoms with E-state index in [0.29, 0.717) is 23.9 Å². The highest BCUT2D eigenvalue weighted by molar-refractivity contribution is 6.61. The normalized spacial score (nSPS) is 16.7. The number of nitrogens with zero attached hydrogens (tertiary/aromatic N) is 2. The molecule has 1 aliphatic heterocycles. The predicted octanol–water partition coefficient (Wildman–Crippen LogP) is 0.767. The Labute approximate surface area is 128 Å². The molecular formula is C15H16BN3O3. The van der Waals surface area contributed by atoms with Gasteiger partial charge in [-0.25, -0.2) is 0 Å². The number of aromatic nitrogens is 2. The molecule has 4 rings (SSSR count). The van der Waals surface area contributed by atoms with E-state index in [0.717, 1.165) is 11.0 Å². The summed E-state index contributed by atoms with van der Waals surface area (Å²) in [5, 5.41) is 16.8. The predicted molar refractivity (Wildman–Crippen MR) is 82.0 cm³/mol. The average molecular weight is 297 g/mol. The molecule has 1 aromatic carbocycles. The van der Waals surface area contributed by atoms with Crippen molar-refractivity contribution in [2.45, 2.75) is 25.4 Å². The molecule has 0 saturated heterocycles. The number of aryl methyl sites for hydroxylation is 1. The summed E-state index contributed by atoms with van der Waals surface area (Å²) in [7, 11) is 1.02. The number of amides is 1. The minimum Gasteiger partial charge on any atom is -0.423 e. The lowest BCUT2D eigenvalue weighted by Gasteiger charge is -2.04. The van der Waals surface area contributed by atoms with Crippen LogP contribution in [0.3, 0.4) is 0 Å². The van der Waals surface area contributed by atoms with Crippen molar-refractivity contribution < 1.29 is 14.5 Å². The Morgan fingerprint density at radius 3 is 3.05 bits per heavy atom. The summed E-state index contributed by atoms with van der Waals surface area (Å²) in [6.45, 7) is 0.326. The number of hydrogen-bond acceptors (Lipinski definition) is 4. The van der Waals surface area contributed by atoms with Gasteiger partial charge in [-0.05, 0) is 36.0 Å². The van der Waals surface area contributed by atoms with E-state index >= 15 is 0 Å². The van der Waals surface area contributed by atoms with Crippen molar-refractivity contribution in [3.05, 3.63) is 41.1 Å². The Kier molecular flexibility index (Phi) is 3.06. The van der Waals surface area contributed by atoms with Gasteiger partial charge in [0.05, 0.1) is 6.61 Å². The van der Waals surface area contributed by atoms with Crippen LogP contribution in [0.25, 0.3) is 0 Å². The maximum atomic E-state index is 12.3. The standard InChI is InChI=1S/C15H16BN3O3/c1-19-13(9-2-3-9)7-14(18-19)17-15(20)10-4-5-12-11(6-10)8-22-16(12)21/h4-7,9,21H,2-3,8H2,1H3,(H,17,18,20). The van der Waals surface area contributed by atoms with Gasteiger partial charge in [-0.1, -0.05) is 6.07 Å². The van der Waals surface area contributed by atoms with Crippen LogP contribution in [0.15, 0.2) is 24.3 Å². The average Bonchev–Trinajstić information content (AvgIpc) is 3.19. The zero-order valence-corrected chi connectivity index (χ0v) is 12.2. The first-order valence-corrected chi connectivity index (χ1v) is 7.39.